The number of nitrogens with one attached hydrogen (secondary N) is 1. The molecule has 0 spiro atoms. The van der Waals surface area contributed by atoms with Gasteiger partial charge in [0, 0.05) is 41.9 Å². The van der Waals surface area contributed by atoms with Crippen LogP contribution >= 0.6 is 0 Å². The van der Waals surface area contributed by atoms with E-state index in [1.54, 1.807) is 6.20 Å². The summed E-state index contributed by atoms with van der Waals surface area (Å²) in [5.74, 6) is 1.42. The molecule has 7 nitrogen and oxygen atoms in total. The highest BCUT2D eigenvalue weighted by molar-refractivity contribution is 5.97. The van der Waals surface area contributed by atoms with Crippen molar-refractivity contribution in [1.82, 2.24) is 15.3 Å². The predicted molar refractivity (Wildman–Crippen MR) is 149 cm³/mol. The molecule has 0 aliphatic carbocycles. The van der Waals surface area contributed by atoms with Gasteiger partial charge in [0.05, 0.1) is 18.0 Å². The molecular formula is C31H29N5O2. The van der Waals surface area contributed by atoms with Gasteiger partial charge in [-0.3, -0.25) is 9.79 Å². The minimum absolute atomic E-state index is 0.0683. The summed E-state index contributed by atoms with van der Waals surface area (Å²) >= 11 is 0. The first-order valence-corrected chi connectivity index (χ1v) is 12.9. The summed E-state index contributed by atoms with van der Waals surface area (Å²) in [6.45, 7) is 3.28. The first-order valence-electron chi connectivity index (χ1n) is 12.9. The summed E-state index contributed by atoms with van der Waals surface area (Å²) < 4.78 is 6.10. The summed E-state index contributed by atoms with van der Waals surface area (Å²) in [7, 11) is 0. The van der Waals surface area contributed by atoms with E-state index in [2.05, 4.69) is 52.5 Å². The molecule has 0 saturated carbocycles. The summed E-state index contributed by atoms with van der Waals surface area (Å²) in [4.78, 5) is 26.2. The number of nitrogen functional groups attached to an aromatic ring is 1. The number of nitrogens with zero attached hydrogens (tertiary/aromatic N) is 3. The van der Waals surface area contributed by atoms with Crippen molar-refractivity contribution < 1.29 is 9.53 Å². The molecule has 2 unspecified atom stereocenters. The molecule has 0 bridgehead atoms. The van der Waals surface area contributed by atoms with Crippen LogP contribution in [0.15, 0.2) is 84.0 Å². The number of hydrogen-bond donors (Lipinski definition) is 2. The minimum Gasteiger partial charge on any atom is -0.493 e. The Morgan fingerprint density at radius 2 is 1.95 bits per heavy atom. The van der Waals surface area contributed by atoms with Gasteiger partial charge < -0.3 is 15.8 Å². The monoisotopic (exact) mass is 503 g/mol. The van der Waals surface area contributed by atoms with Crippen LogP contribution in [0.4, 0.5) is 11.6 Å². The van der Waals surface area contributed by atoms with Gasteiger partial charge in [-0.05, 0) is 59.4 Å². The maximum absolute atomic E-state index is 12.9. The van der Waals surface area contributed by atoms with Crippen molar-refractivity contribution in [1.29, 1.82) is 0 Å². The molecule has 1 amide bonds. The molecule has 3 N–H and O–H groups in total. The molecule has 0 radical (unpaired) electrons. The Balaban J connectivity index is 1.14. The van der Waals surface area contributed by atoms with E-state index in [1.165, 1.54) is 11.1 Å². The molecule has 7 heteroatoms. The number of nitrogens with two attached hydrogens (primary N) is 1. The molecule has 2 atom stereocenters. The molecule has 1 aromatic heterocycles. The average molecular weight is 504 g/mol. The largest absolute Gasteiger partial charge is 0.493 e. The summed E-state index contributed by atoms with van der Waals surface area (Å²) in [5, 5.41) is 3.08. The Bertz CT molecular complexity index is 1530. The zero-order valence-corrected chi connectivity index (χ0v) is 21.2. The number of rotatable bonds is 6. The van der Waals surface area contributed by atoms with E-state index in [-0.39, 0.29) is 23.7 Å². The second kappa shape index (κ2) is 10.1. The SMILES string of the molecule is CC(CNC(=O)c1ccc2c(c1)CC(C1=Nc3cc(-c4ccnc(N)n4)ccc3C1)CO2)c1ccccc1. The first kappa shape index (κ1) is 23.9. The number of hydrogen-bond acceptors (Lipinski definition) is 6. The average Bonchev–Trinajstić information content (AvgIpc) is 3.39. The Morgan fingerprint density at radius 3 is 2.79 bits per heavy atom. The van der Waals surface area contributed by atoms with Gasteiger partial charge in [0.25, 0.3) is 5.91 Å². The van der Waals surface area contributed by atoms with Crippen LogP contribution < -0.4 is 15.8 Å². The second-order valence-corrected chi connectivity index (χ2v) is 9.98. The molecular weight excluding hydrogens is 474 g/mol. The number of benzene rings is 3. The summed E-state index contributed by atoms with van der Waals surface area (Å²) in [5.41, 5.74) is 13.7. The molecule has 4 aromatic rings. The van der Waals surface area contributed by atoms with E-state index >= 15 is 0 Å². The molecule has 3 heterocycles. The molecule has 0 fully saturated rings. The lowest BCUT2D eigenvalue weighted by Gasteiger charge is -2.26. The van der Waals surface area contributed by atoms with E-state index in [9.17, 15) is 4.79 Å². The van der Waals surface area contributed by atoms with E-state index in [0.717, 1.165) is 46.8 Å². The van der Waals surface area contributed by atoms with Crippen LogP contribution in [-0.2, 0) is 12.8 Å². The Hall–Kier alpha value is -4.52. The van der Waals surface area contributed by atoms with Gasteiger partial charge in [-0.1, -0.05) is 49.4 Å². The van der Waals surface area contributed by atoms with Crippen LogP contribution in [0.25, 0.3) is 11.3 Å². The summed E-state index contributed by atoms with van der Waals surface area (Å²) in [6.07, 6.45) is 3.25. The second-order valence-electron chi connectivity index (χ2n) is 9.98. The van der Waals surface area contributed by atoms with Gasteiger partial charge in [-0.25, -0.2) is 9.97 Å². The third kappa shape index (κ3) is 4.87. The molecule has 6 rings (SSSR count). The van der Waals surface area contributed by atoms with Crippen molar-refractivity contribution in [3.05, 3.63) is 101 Å². The number of carbonyl (C=O) groups is 1. The van der Waals surface area contributed by atoms with Crippen LogP contribution in [-0.4, -0.2) is 34.7 Å². The fraction of sp³-hybridized carbons (Fsp3) is 0.226. The van der Waals surface area contributed by atoms with Crippen molar-refractivity contribution in [3.63, 3.8) is 0 Å². The normalized spacial score (nSPS) is 16.6. The number of ether oxygens (including phenoxy) is 1. The van der Waals surface area contributed by atoms with Gasteiger partial charge in [-0.15, -0.1) is 0 Å². The molecule has 190 valence electrons. The van der Waals surface area contributed by atoms with E-state index in [1.807, 2.05) is 42.5 Å². The smallest absolute Gasteiger partial charge is 0.251 e. The fourth-order valence-electron chi connectivity index (χ4n) is 5.13. The molecule has 2 aliphatic rings. The maximum atomic E-state index is 12.9. The number of aromatic nitrogens is 2. The van der Waals surface area contributed by atoms with Gasteiger partial charge in [-0.2, -0.15) is 0 Å². The number of amides is 1. The fourth-order valence-corrected chi connectivity index (χ4v) is 5.13. The quantitative estimate of drug-likeness (QED) is 0.379. The number of anilines is 1. The van der Waals surface area contributed by atoms with Crippen LogP contribution in [0, 0.1) is 5.92 Å². The van der Waals surface area contributed by atoms with Crippen molar-refractivity contribution in [2.45, 2.75) is 25.7 Å². The van der Waals surface area contributed by atoms with Crippen molar-refractivity contribution in [2.75, 3.05) is 18.9 Å². The number of carbonyl (C=O) groups excluding carboxylic acids is 1. The van der Waals surface area contributed by atoms with Crippen molar-refractivity contribution >= 4 is 23.3 Å². The molecule has 0 saturated heterocycles. The van der Waals surface area contributed by atoms with Crippen LogP contribution in [0.3, 0.4) is 0 Å². The highest BCUT2D eigenvalue weighted by Crippen LogP contribution is 2.36. The van der Waals surface area contributed by atoms with Crippen molar-refractivity contribution in [3.8, 4) is 17.0 Å². The van der Waals surface area contributed by atoms with Crippen molar-refractivity contribution in [2.24, 2.45) is 10.9 Å². The van der Waals surface area contributed by atoms with E-state index in [4.69, 9.17) is 15.5 Å². The highest BCUT2D eigenvalue weighted by Gasteiger charge is 2.28. The lowest BCUT2D eigenvalue weighted by Crippen LogP contribution is -2.30. The lowest BCUT2D eigenvalue weighted by molar-refractivity contribution is 0.0951. The van der Waals surface area contributed by atoms with Gasteiger partial charge in [0.15, 0.2) is 0 Å². The van der Waals surface area contributed by atoms with Gasteiger partial charge in [0.1, 0.15) is 5.75 Å². The zero-order chi connectivity index (χ0) is 26.1. The van der Waals surface area contributed by atoms with Crippen LogP contribution in [0.1, 0.15) is 39.9 Å². The lowest BCUT2D eigenvalue weighted by atomic mass is 9.89. The third-order valence-corrected chi connectivity index (χ3v) is 7.33. The maximum Gasteiger partial charge on any atom is 0.251 e. The third-order valence-electron chi connectivity index (χ3n) is 7.33. The zero-order valence-electron chi connectivity index (χ0n) is 21.2. The molecule has 38 heavy (non-hydrogen) atoms. The Kier molecular flexibility index (Phi) is 6.33. The number of fused-ring (bicyclic) bond motifs is 2. The first-order chi connectivity index (χ1) is 18.5. The van der Waals surface area contributed by atoms with Gasteiger partial charge in [0.2, 0.25) is 5.95 Å². The van der Waals surface area contributed by atoms with E-state index in [0.29, 0.717) is 18.7 Å². The topological polar surface area (TPSA) is 102 Å². The standard InChI is InChI=1S/C31H29N5O2/c1-19(20-5-3-2-4-6-20)17-34-30(37)23-9-10-29-24(13-23)14-25(18-38-29)28-16-22-8-7-21(15-27(22)35-28)26-11-12-33-31(32)36-26/h2-13,15,19,25H,14,16-18H2,1H3,(H,34,37)(H2,32,33,36). The molecule has 2 aliphatic heterocycles. The van der Waals surface area contributed by atoms with E-state index < -0.39 is 0 Å². The predicted octanol–water partition coefficient (Wildman–Crippen LogP) is 5.14. The van der Waals surface area contributed by atoms with Crippen LogP contribution in [0.5, 0.6) is 5.75 Å². The van der Waals surface area contributed by atoms with Crippen LogP contribution in [0.2, 0.25) is 0 Å². The molecule has 3 aromatic carbocycles. The number of aliphatic imine (C=N–C) groups is 1. The highest BCUT2D eigenvalue weighted by atomic mass is 16.5. The Morgan fingerprint density at radius 1 is 1.08 bits per heavy atom. The summed E-state index contributed by atoms with van der Waals surface area (Å²) in [6, 6.07) is 24.0. The van der Waals surface area contributed by atoms with Gasteiger partial charge >= 0.3 is 0 Å². The Labute approximate surface area is 221 Å². The minimum atomic E-state index is -0.0683.